The van der Waals surface area contributed by atoms with E-state index in [-0.39, 0.29) is 6.08 Å². The van der Waals surface area contributed by atoms with E-state index in [2.05, 4.69) is 16.1 Å². The lowest BCUT2D eigenvalue weighted by molar-refractivity contribution is -0.460. The van der Waals surface area contributed by atoms with Gasteiger partial charge in [0.25, 0.3) is 5.67 Å². The van der Waals surface area contributed by atoms with Crippen molar-refractivity contribution in [2.24, 2.45) is 0 Å². The summed E-state index contributed by atoms with van der Waals surface area (Å²) in [5, 5.41) is 0. The first-order valence-corrected chi connectivity index (χ1v) is 9.09. The molecule has 0 fully saturated rings. The van der Waals surface area contributed by atoms with Crippen LogP contribution < -0.4 is 0 Å². The molecule has 20 heteroatoms. The highest BCUT2D eigenvalue weighted by Gasteiger charge is 2.94. The van der Waals surface area contributed by atoms with Crippen LogP contribution in [0.5, 0.6) is 0 Å². The molecule has 0 aromatic carbocycles. The molecular formula is C17H14F16O4. The van der Waals surface area contributed by atoms with Gasteiger partial charge in [0.15, 0.2) is 0 Å². The van der Waals surface area contributed by atoms with Crippen molar-refractivity contribution in [2.45, 2.75) is 80.4 Å². The Kier molecular flexibility index (Phi) is 9.37. The second kappa shape index (κ2) is 10.0. The van der Waals surface area contributed by atoms with Crippen molar-refractivity contribution in [3.63, 3.8) is 0 Å². The van der Waals surface area contributed by atoms with E-state index < -0.39 is 78.5 Å². The monoisotopic (exact) mass is 586 g/mol. The smallest absolute Gasteiger partial charge is 0.460 e. The molecule has 0 heterocycles. The third-order valence-electron chi connectivity index (χ3n) is 4.33. The van der Waals surface area contributed by atoms with Gasteiger partial charge in [0.2, 0.25) is 0 Å². The molecule has 0 amide bonds. The second-order valence-electron chi connectivity index (χ2n) is 7.35. The summed E-state index contributed by atoms with van der Waals surface area (Å²) in [4.78, 5) is 22.3. The van der Waals surface area contributed by atoms with Crippen LogP contribution in [0, 0.1) is 0 Å². The minimum Gasteiger partial charge on any atom is -0.463 e. The molecule has 1 unspecified atom stereocenters. The summed E-state index contributed by atoms with van der Waals surface area (Å²) < 4.78 is 224. The van der Waals surface area contributed by atoms with Crippen molar-refractivity contribution in [1.29, 1.82) is 0 Å². The maximum absolute atomic E-state index is 15.0. The van der Waals surface area contributed by atoms with Crippen molar-refractivity contribution < 1.29 is 89.3 Å². The SMILES string of the molecule is C=CC(=O)OC(F)(F)C(F)(CCC(=O)OC(C)C)C(F)(F)C(F)(F)C(F)(F)C(F)(F)C(F)(F)C(F)(F)F. The topological polar surface area (TPSA) is 52.6 Å². The molecule has 0 rings (SSSR count). The van der Waals surface area contributed by atoms with Gasteiger partial charge in [0.1, 0.15) is 0 Å². The highest BCUT2D eigenvalue weighted by molar-refractivity contribution is 5.81. The lowest BCUT2D eigenvalue weighted by Gasteiger charge is -2.45. The first kappa shape index (κ1) is 34.6. The maximum atomic E-state index is 15.0. The van der Waals surface area contributed by atoms with Crippen molar-refractivity contribution >= 4 is 11.9 Å². The predicted octanol–water partition coefficient (Wildman–Crippen LogP) is 6.49. The Hall–Kier alpha value is -2.44. The molecule has 0 bridgehead atoms. The van der Waals surface area contributed by atoms with Crippen LogP contribution in [0.4, 0.5) is 70.2 Å². The van der Waals surface area contributed by atoms with E-state index in [9.17, 15) is 79.8 Å². The normalized spacial score (nSPS) is 16.3. The summed E-state index contributed by atoms with van der Waals surface area (Å²) in [6.45, 7) is 4.43. The summed E-state index contributed by atoms with van der Waals surface area (Å²) in [7, 11) is 0. The van der Waals surface area contributed by atoms with Crippen molar-refractivity contribution in [3.8, 4) is 0 Å². The first-order valence-electron chi connectivity index (χ1n) is 9.09. The van der Waals surface area contributed by atoms with Gasteiger partial charge < -0.3 is 9.47 Å². The molecule has 0 radical (unpaired) electrons. The highest BCUT2D eigenvalue weighted by atomic mass is 19.4. The van der Waals surface area contributed by atoms with Crippen molar-refractivity contribution in [1.82, 2.24) is 0 Å². The van der Waals surface area contributed by atoms with Gasteiger partial charge in [0.05, 0.1) is 6.10 Å². The quantitative estimate of drug-likeness (QED) is 0.149. The van der Waals surface area contributed by atoms with Crippen molar-refractivity contribution in [2.75, 3.05) is 0 Å². The molecule has 0 saturated carbocycles. The lowest BCUT2D eigenvalue weighted by Crippen LogP contribution is -2.75. The fourth-order valence-electron chi connectivity index (χ4n) is 2.35. The fourth-order valence-corrected chi connectivity index (χ4v) is 2.35. The highest BCUT2D eigenvalue weighted by Crippen LogP contribution is 2.64. The van der Waals surface area contributed by atoms with Gasteiger partial charge >= 0.3 is 53.8 Å². The fraction of sp³-hybridized carbons (Fsp3) is 0.765. The number of hydrogen-bond acceptors (Lipinski definition) is 4. The van der Waals surface area contributed by atoms with Gasteiger partial charge in [-0.25, -0.2) is 9.18 Å². The number of carbonyl (C=O) groups is 2. The van der Waals surface area contributed by atoms with Crippen LogP contribution in [-0.4, -0.2) is 65.6 Å². The summed E-state index contributed by atoms with van der Waals surface area (Å²) in [5.74, 6) is -46.6. The molecule has 37 heavy (non-hydrogen) atoms. The van der Waals surface area contributed by atoms with Crippen molar-refractivity contribution in [3.05, 3.63) is 12.7 Å². The number of rotatable bonds is 12. The predicted molar refractivity (Wildman–Crippen MR) is 86.3 cm³/mol. The van der Waals surface area contributed by atoms with Crippen LogP contribution in [0.3, 0.4) is 0 Å². The Morgan fingerprint density at radius 2 is 1.08 bits per heavy atom. The standard InChI is InChI=1S/C17H14F16O4/c1-4-8(34)37-17(32,33)10(18,6-5-9(35)36-7(2)3)11(19,20)12(21,22)13(23,24)14(25,26)15(27,28)16(29,30)31/h4,7H,1,5-6H2,2-3H3. The molecule has 0 saturated heterocycles. The third-order valence-corrected chi connectivity index (χ3v) is 4.33. The average molecular weight is 586 g/mol. The number of carbonyl (C=O) groups excluding carboxylic acids is 2. The molecule has 0 aromatic heterocycles. The largest absolute Gasteiger partial charge is 0.463 e. The molecule has 0 aliphatic carbocycles. The Morgan fingerprint density at radius 3 is 1.43 bits per heavy atom. The first-order chi connectivity index (χ1) is 16.0. The molecule has 1 atom stereocenters. The lowest BCUT2D eigenvalue weighted by atomic mass is 9.82. The average Bonchev–Trinajstić information content (AvgIpc) is 2.69. The van der Waals surface area contributed by atoms with Crippen LogP contribution in [0.25, 0.3) is 0 Å². The zero-order valence-electron chi connectivity index (χ0n) is 18.0. The third kappa shape index (κ3) is 5.56. The second-order valence-corrected chi connectivity index (χ2v) is 7.35. The van der Waals surface area contributed by atoms with E-state index in [0.29, 0.717) is 0 Å². The van der Waals surface area contributed by atoms with E-state index >= 15 is 0 Å². The number of esters is 2. The van der Waals surface area contributed by atoms with Gasteiger partial charge in [-0.1, -0.05) is 6.58 Å². The molecule has 0 aliphatic heterocycles. The van der Waals surface area contributed by atoms with E-state index in [0.717, 1.165) is 13.8 Å². The van der Waals surface area contributed by atoms with E-state index in [1.807, 2.05) is 0 Å². The van der Waals surface area contributed by atoms with Crippen LogP contribution in [0.15, 0.2) is 12.7 Å². The molecule has 0 aromatic rings. The molecule has 0 aliphatic rings. The number of hydrogen-bond donors (Lipinski definition) is 0. The Labute approximate surface area is 195 Å². The van der Waals surface area contributed by atoms with Gasteiger partial charge in [0, 0.05) is 18.9 Å². The van der Waals surface area contributed by atoms with Gasteiger partial charge in [-0.15, -0.1) is 0 Å². The van der Waals surface area contributed by atoms with Crippen LogP contribution in [0.2, 0.25) is 0 Å². The van der Waals surface area contributed by atoms with Crippen LogP contribution in [0.1, 0.15) is 26.7 Å². The van der Waals surface area contributed by atoms with Gasteiger partial charge in [-0.3, -0.25) is 4.79 Å². The number of ether oxygens (including phenoxy) is 2. The summed E-state index contributed by atoms with van der Waals surface area (Å²) >= 11 is 0. The van der Waals surface area contributed by atoms with E-state index in [1.165, 1.54) is 0 Å². The van der Waals surface area contributed by atoms with Crippen LogP contribution >= 0.6 is 0 Å². The Morgan fingerprint density at radius 1 is 0.703 bits per heavy atom. The number of alkyl halides is 16. The zero-order valence-corrected chi connectivity index (χ0v) is 18.0. The Balaban J connectivity index is 7.09. The summed E-state index contributed by atoms with van der Waals surface area (Å²) in [6.07, 6.45) is -21.4. The molecule has 218 valence electrons. The number of halogens is 16. The van der Waals surface area contributed by atoms with E-state index in [4.69, 9.17) is 0 Å². The summed E-state index contributed by atoms with van der Waals surface area (Å²) in [5.41, 5.74) is -6.84. The van der Waals surface area contributed by atoms with E-state index in [1.54, 1.807) is 0 Å². The Bertz CT molecular complexity index is 864. The minimum atomic E-state index is -8.63. The van der Waals surface area contributed by atoms with Gasteiger partial charge in [-0.2, -0.15) is 65.9 Å². The molecule has 4 nitrogen and oxygen atoms in total. The van der Waals surface area contributed by atoms with Crippen LogP contribution in [-0.2, 0) is 19.1 Å². The molecular weight excluding hydrogens is 572 g/mol. The zero-order chi connectivity index (χ0) is 30.3. The maximum Gasteiger partial charge on any atom is 0.460 e. The van der Waals surface area contributed by atoms with Gasteiger partial charge in [-0.05, 0) is 13.8 Å². The molecule has 0 spiro atoms. The summed E-state index contributed by atoms with van der Waals surface area (Å²) in [6, 6.07) is 0. The molecule has 0 N–H and O–H groups in total. The minimum absolute atomic E-state index is 0.357.